The number of hydrogen-bond donors (Lipinski definition) is 1. The Morgan fingerprint density at radius 3 is 2.56 bits per heavy atom. The van der Waals surface area contributed by atoms with Crippen LogP contribution in [0, 0.1) is 0 Å². The van der Waals surface area contributed by atoms with Gasteiger partial charge in [0.2, 0.25) is 11.7 Å². The fraction of sp³-hybridized carbons (Fsp3) is 0.818. The average molecular weight is 225 g/mol. The molecular formula is C11H19N3O2. The van der Waals surface area contributed by atoms with Crippen LogP contribution in [0.15, 0.2) is 4.52 Å². The van der Waals surface area contributed by atoms with Crippen molar-refractivity contribution < 1.29 is 9.26 Å². The first-order valence-corrected chi connectivity index (χ1v) is 5.67. The molecule has 0 spiro atoms. The van der Waals surface area contributed by atoms with Gasteiger partial charge in [-0.3, -0.25) is 0 Å². The van der Waals surface area contributed by atoms with E-state index in [9.17, 15) is 0 Å². The quantitative estimate of drug-likeness (QED) is 0.847. The Hall–Kier alpha value is -0.940. The molecule has 90 valence electrons. The third-order valence-electron chi connectivity index (χ3n) is 3.40. The second-order valence-electron chi connectivity index (χ2n) is 5.00. The van der Waals surface area contributed by atoms with Gasteiger partial charge >= 0.3 is 0 Å². The Balaban J connectivity index is 2.26. The second kappa shape index (κ2) is 3.82. The SMILES string of the molecule is COC(C)(C)c1noc(C2(N)CCCC2)n1. The summed E-state index contributed by atoms with van der Waals surface area (Å²) in [5, 5.41) is 3.96. The van der Waals surface area contributed by atoms with Gasteiger partial charge in [-0.25, -0.2) is 0 Å². The maximum atomic E-state index is 6.24. The Kier molecular flexibility index (Phi) is 2.75. The molecule has 1 aliphatic carbocycles. The molecular weight excluding hydrogens is 206 g/mol. The third-order valence-corrected chi connectivity index (χ3v) is 3.40. The van der Waals surface area contributed by atoms with Crippen LogP contribution in [0.5, 0.6) is 0 Å². The number of hydrogen-bond acceptors (Lipinski definition) is 5. The van der Waals surface area contributed by atoms with Gasteiger partial charge < -0.3 is 15.0 Å². The van der Waals surface area contributed by atoms with Crippen molar-refractivity contribution in [3.8, 4) is 0 Å². The van der Waals surface area contributed by atoms with Crippen molar-refractivity contribution in [1.29, 1.82) is 0 Å². The second-order valence-corrected chi connectivity index (χ2v) is 5.00. The zero-order chi connectivity index (χ0) is 11.8. The molecule has 1 aliphatic rings. The highest BCUT2D eigenvalue weighted by Gasteiger charge is 2.38. The summed E-state index contributed by atoms with van der Waals surface area (Å²) < 4.78 is 10.6. The molecule has 0 radical (unpaired) electrons. The van der Waals surface area contributed by atoms with Crippen molar-refractivity contribution in [2.75, 3.05) is 7.11 Å². The maximum absolute atomic E-state index is 6.24. The van der Waals surface area contributed by atoms with E-state index in [-0.39, 0.29) is 0 Å². The highest BCUT2D eigenvalue weighted by molar-refractivity contribution is 5.07. The van der Waals surface area contributed by atoms with Crippen molar-refractivity contribution in [2.24, 2.45) is 5.73 Å². The minimum atomic E-state index is -0.531. The summed E-state index contributed by atoms with van der Waals surface area (Å²) in [4.78, 5) is 4.38. The molecule has 2 rings (SSSR count). The molecule has 1 aromatic rings. The molecule has 2 N–H and O–H groups in total. The Labute approximate surface area is 95.3 Å². The summed E-state index contributed by atoms with van der Waals surface area (Å²) >= 11 is 0. The summed E-state index contributed by atoms with van der Waals surface area (Å²) in [6, 6.07) is 0. The van der Waals surface area contributed by atoms with Crippen LogP contribution < -0.4 is 5.73 Å². The van der Waals surface area contributed by atoms with Crippen molar-refractivity contribution in [2.45, 2.75) is 50.7 Å². The Morgan fingerprint density at radius 2 is 2.00 bits per heavy atom. The molecule has 0 bridgehead atoms. The molecule has 1 saturated carbocycles. The van der Waals surface area contributed by atoms with Crippen molar-refractivity contribution in [1.82, 2.24) is 10.1 Å². The number of methoxy groups -OCH3 is 1. The topological polar surface area (TPSA) is 74.2 Å². The van der Waals surface area contributed by atoms with E-state index in [0.29, 0.717) is 11.7 Å². The number of nitrogens with zero attached hydrogens (tertiary/aromatic N) is 2. The molecule has 16 heavy (non-hydrogen) atoms. The van der Waals surface area contributed by atoms with Crippen LogP contribution in [-0.2, 0) is 15.9 Å². The summed E-state index contributed by atoms with van der Waals surface area (Å²) in [6.45, 7) is 3.80. The van der Waals surface area contributed by atoms with Gasteiger partial charge in [-0.1, -0.05) is 18.0 Å². The third kappa shape index (κ3) is 1.85. The summed E-state index contributed by atoms with van der Waals surface area (Å²) in [5.41, 5.74) is 5.29. The molecule has 5 nitrogen and oxygen atoms in total. The molecule has 0 aliphatic heterocycles. The average Bonchev–Trinajstić information content (AvgIpc) is 2.86. The monoisotopic (exact) mass is 225 g/mol. The molecule has 0 unspecified atom stereocenters. The number of nitrogens with two attached hydrogens (primary N) is 1. The first-order valence-electron chi connectivity index (χ1n) is 5.67. The van der Waals surface area contributed by atoms with Gasteiger partial charge in [0, 0.05) is 7.11 Å². The highest BCUT2D eigenvalue weighted by Crippen LogP contribution is 2.36. The van der Waals surface area contributed by atoms with Gasteiger partial charge in [-0.15, -0.1) is 0 Å². The van der Waals surface area contributed by atoms with Crippen molar-refractivity contribution >= 4 is 0 Å². The zero-order valence-electron chi connectivity index (χ0n) is 10.1. The predicted octanol–water partition coefficient (Wildman–Crippen LogP) is 1.68. The zero-order valence-corrected chi connectivity index (χ0v) is 10.1. The van der Waals surface area contributed by atoms with Gasteiger partial charge in [-0.2, -0.15) is 4.98 Å². The molecule has 1 aromatic heterocycles. The van der Waals surface area contributed by atoms with Crippen LogP contribution in [0.2, 0.25) is 0 Å². The van der Waals surface area contributed by atoms with E-state index in [1.807, 2.05) is 13.8 Å². The van der Waals surface area contributed by atoms with Crippen LogP contribution in [0.25, 0.3) is 0 Å². The molecule has 0 amide bonds. The largest absolute Gasteiger partial charge is 0.371 e. The molecule has 5 heteroatoms. The first-order chi connectivity index (χ1) is 7.48. The van der Waals surface area contributed by atoms with E-state index in [1.165, 1.54) is 0 Å². The highest BCUT2D eigenvalue weighted by atomic mass is 16.5. The fourth-order valence-corrected chi connectivity index (χ4v) is 1.98. The van der Waals surface area contributed by atoms with E-state index in [1.54, 1.807) is 7.11 Å². The van der Waals surface area contributed by atoms with Crippen LogP contribution in [0.4, 0.5) is 0 Å². The number of rotatable bonds is 3. The van der Waals surface area contributed by atoms with Crippen LogP contribution in [-0.4, -0.2) is 17.3 Å². The molecule has 0 aromatic carbocycles. The van der Waals surface area contributed by atoms with E-state index in [0.717, 1.165) is 25.7 Å². The summed E-state index contributed by atoms with van der Waals surface area (Å²) in [5.74, 6) is 1.10. The standard InChI is InChI=1S/C11H19N3O2/c1-10(2,15-3)8-13-9(16-14-8)11(12)6-4-5-7-11/h4-7,12H2,1-3H3. The van der Waals surface area contributed by atoms with Gasteiger partial charge in [0.25, 0.3) is 0 Å². The lowest BCUT2D eigenvalue weighted by molar-refractivity contribution is 0.00973. The Bertz CT molecular complexity index is 367. The molecule has 0 saturated heterocycles. The number of ether oxygens (including phenoxy) is 1. The fourth-order valence-electron chi connectivity index (χ4n) is 1.98. The summed E-state index contributed by atoms with van der Waals surface area (Å²) in [7, 11) is 1.63. The normalized spacial score (nSPS) is 20.2. The van der Waals surface area contributed by atoms with Crippen molar-refractivity contribution in [3.05, 3.63) is 11.7 Å². The molecule has 1 fully saturated rings. The van der Waals surface area contributed by atoms with E-state index < -0.39 is 11.1 Å². The smallest absolute Gasteiger partial charge is 0.246 e. The molecule has 1 heterocycles. The van der Waals surface area contributed by atoms with Crippen LogP contribution in [0.1, 0.15) is 51.2 Å². The minimum Gasteiger partial charge on any atom is -0.371 e. The lowest BCUT2D eigenvalue weighted by Gasteiger charge is -2.19. The van der Waals surface area contributed by atoms with E-state index >= 15 is 0 Å². The van der Waals surface area contributed by atoms with Gasteiger partial charge in [0.1, 0.15) is 5.60 Å². The van der Waals surface area contributed by atoms with Gasteiger partial charge in [0.05, 0.1) is 5.54 Å². The van der Waals surface area contributed by atoms with Crippen LogP contribution >= 0.6 is 0 Å². The van der Waals surface area contributed by atoms with Gasteiger partial charge in [0.15, 0.2) is 0 Å². The summed E-state index contributed by atoms with van der Waals surface area (Å²) in [6.07, 6.45) is 4.09. The minimum absolute atomic E-state index is 0.422. The molecule has 0 atom stereocenters. The van der Waals surface area contributed by atoms with Crippen LogP contribution in [0.3, 0.4) is 0 Å². The lowest BCUT2D eigenvalue weighted by Crippen LogP contribution is -2.33. The maximum Gasteiger partial charge on any atom is 0.246 e. The first kappa shape index (κ1) is 11.5. The number of aromatic nitrogens is 2. The van der Waals surface area contributed by atoms with Gasteiger partial charge in [-0.05, 0) is 26.7 Å². The Morgan fingerprint density at radius 1 is 1.38 bits per heavy atom. The van der Waals surface area contributed by atoms with Crippen molar-refractivity contribution in [3.63, 3.8) is 0 Å². The van der Waals surface area contributed by atoms with E-state index in [2.05, 4.69) is 10.1 Å². The predicted molar refractivity (Wildman–Crippen MR) is 58.7 cm³/mol. The van der Waals surface area contributed by atoms with E-state index in [4.69, 9.17) is 15.0 Å². The lowest BCUT2D eigenvalue weighted by atomic mass is 9.99.